The van der Waals surface area contributed by atoms with Crippen molar-refractivity contribution in [2.45, 2.75) is 33.7 Å². The number of piperazine rings is 1. The van der Waals surface area contributed by atoms with Crippen molar-refractivity contribution in [1.82, 2.24) is 25.2 Å². The van der Waals surface area contributed by atoms with Gasteiger partial charge in [0.2, 0.25) is 5.82 Å². The van der Waals surface area contributed by atoms with Crippen molar-refractivity contribution in [3.63, 3.8) is 0 Å². The van der Waals surface area contributed by atoms with E-state index in [-0.39, 0.29) is 28.5 Å². The standard InChI is InChI=1S/C24H32ClN7O/c1-4-9-30-10-12-31(13-11-30)17-19-5-7-20(8-6-19)24(33)32(28-15-18(2)3)23-21(25)16-27-22(14-26)29-23/h5-8,16,18,28H,4,9-13,15,17H2,1-3H3. The molecule has 0 bridgehead atoms. The van der Waals surface area contributed by atoms with Gasteiger partial charge in [0.05, 0.1) is 6.20 Å². The van der Waals surface area contributed by atoms with Gasteiger partial charge in [0, 0.05) is 44.8 Å². The number of hydrogen-bond acceptors (Lipinski definition) is 7. The molecule has 33 heavy (non-hydrogen) atoms. The molecule has 1 aliphatic heterocycles. The van der Waals surface area contributed by atoms with Crippen LogP contribution in [0.25, 0.3) is 0 Å². The summed E-state index contributed by atoms with van der Waals surface area (Å²) < 4.78 is 0. The number of benzene rings is 1. The van der Waals surface area contributed by atoms with Crippen LogP contribution in [-0.2, 0) is 6.54 Å². The fourth-order valence-corrected chi connectivity index (χ4v) is 3.89. The Kier molecular flexibility index (Phi) is 9.15. The molecule has 8 nitrogen and oxygen atoms in total. The number of carbonyl (C=O) groups is 1. The number of halogens is 1. The van der Waals surface area contributed by atoms with E-state index in [1.807, 2.05) is 44.2 Å². The second kappa shape index (κ2) is 12.1. The average Bonchev–Trinajstić information content (AvgIpc) is 2.82. The van der Waals surface area contributed by atoms with Gasteiger partial charge in [-0.1, -0.05) is 44.5 Å². The van der Waals surface area contributed by atoms with Crippen LogP contribution in [0.3, 0.4) is 0 Å². The molecule has 1 aliphatic rings. The summed E-state index contributed by atoms with van der Waals surface area (Å²) >= 11 is 6.28. The maximum absolute atomic E-state index is 13.4. The molecule has 1 fully saturated rings. The van der Waals surface area contributed by atoms with E-state index < -0.39 is 0 Å². The molecule has 176 valence electrons. The lowest BCUT2D eigenvalue weighted by atomic mass is 10.1. The lowest BCUT2D eigenvalue weighted by molar-refractivity contribution is 0.0972. The van der Waals surface area contributed by atoms with E-state index in [4.69, 9.17) is 16.9 Å². The van der Waals surface area contributed by atoms with E-state index in [1.165, 1.54) is 23.2 Å². The van der Waals surface area contributed by atoms with Crippen LogP contribution in [0.4, 0.5) is 5.82 Å². The van der Waals surface area contributed by atoms with E-state index in [9.17, 15) is 4.79 Å². The first-order valence-corrected chi connectivity index (χ1v) is 11.8. The minimum atomic E-state index is -0.292. The monoisotopic (exact) mass is 469 g/mol. The van der Waals surface area contributed by atoms with Crippen LogP contribution in [0.15, 0.2) is 30.5 Å². The summed E-state index contributed by atoms with van der Waals surface area (Å²) in [6, 6.07) is 9.54. The molecule has 0 spiro atoms. The van der Waals surface area contributed by atoms with Gasteiger partial charge < -0.3 is 4.90 Å². The van der Waals surface area contributed by atoms with Crippen LogP contribution < -0.4 is 10.4 Å². The summed E-state index contributed by atoms with van der Waals surface area (Å²) in [7, 11) is 0. The van der Waals surface area contributed by atoms with Crippen LogP contribution in [0, 0.1) is 17.2 Å². The summed E-state index contributed by atoms with van der Waals surface area (Å²) in [6.45, 7) is 13.2. The molecule has 1 amide bonds. The zero-order chi connectivity index (χ0) is 23.8. The summed E-state index contributed by atoms with van der Waals surface area (Å²) in [4.78, 5) is 26.3. The van der Waals surface area contributed by atoms with Crippen molar-refractivity contribution < 1.29 is 4.79 Å². The van der Waals surface area contributed by atoms with Crippen LogP contribution in [0.1, 0.15) is 48.9 Å². The van der Waals surface area contributed by atoms with Crippen LogP contribution >= 0.6 is 11.6 Å². The molecule has 1 saturated heterocycles. The molecule has 0 atom stereocenters. The molecule has 1 aromatic carbocycles. The summed E-state index contributed by atoms with van der Waals surface area (Å²) in [5, 5.41) is 10.7. The van der Waals surface area contributed by atoms with Gasteiger partial charge in [0.1, 0.15) is 11.1 Å². The van der Waals surface area contributed by atoms with Gasteiger partial charge >= 0.3 is 0 Å². The van der Waals surface area contributed by atoms with Gasteiger partial charge in [-0.25, -0.2) is 15.4 Å². The van der Waals surface area contributed by atoms with E-state index in [1.54, 1.807) is 0 Å². The number of hydrogen-bond donors (Lipinski definition) is 1. The number of aromatic nitrogens is 2. The smallest absolute Gasteiger partial charge is 0.274 e. The van der Waals surface area contributed by atoms with Crippen LogP contribution in [0.2, 0.25) is 5.02 Å². The molecule has 0 radical (unpaired) electrons. The lowest BCUT2D eigenvalue weighted by Crippen LogP contribution is -2.46. The number of nitriles is 1. The van der Waals surface area contributed by atoms with E-state index in [0.29, 0.717) is 12.1 Å². The molecular formula is C24H32ClN7O. The molecule has 0 unspecified atom stereocenters. The number of hydrazine groups is 1. The van der Waals surface area contributed by atoms with E-state index >= 15 is 0 Å². The Morgan fingerprint density at radius 3 is 2.48 bits per heavy atom. The molecule has 1 aromatic heterocycles. The Hall–Kier alpha value is -2.57. The fourth-order valence-electron chi connectivity index (χ4n) is 3.71. The van der Waals surface area contributed by atoms with Crippen molar-refractivity contribution >= 4 is 23.3 Å². The number of nitrogens with zero attached hydrogens (tertiary/aromatic N) is 6. The third kappa shape index (κ3) is 6.95. The second-order valence-electron chi connectivity index (χ2n) is 8.69. The lowest BCUT2D eigenvalue weighted by Gasteiger charge is -2.34. The minimum Gasteiger partial charge on any atom is -0.301 e. The van der Waals surface area contributed by atoms with E-state index in [0.717, 1.165) is 39.3 Å². The van der Waals surface area contributed by atoms with Crippen LogP contribution in [-0.4, -0.2) is 64.9 Å². The van der Waals surface area contributed by atoms with Crippen molar-refractivity contribution in [2.24, 2.45) is 5.92 Å². The zero-order valence-electron chi connectivity index (χ0n) is 19.6. The number of rotatable bonds is 9. The van der Waals surface area contributed by atoms with Gasteiger partial charge in [0.15, 0.2) is 5.82 Å². The van der Waals surface area contributed by atoms with Gasteiger partial charge in [0.25, 0.3) is 5.91 Å². The van der Waals surface area contributed by atoms with Crippen molar-refractivity contribution in [3.8, 4) is 6.07 Å². The van der Waals surface area contributed by atoms with Gasteiger partial charge in [-0.15, -0.1) is 0 Å². The molecule has 1 N–H and O–H groups in total. The van der Waals surface area contributed by atoms with Gasteiger partial charge in [-0.3, -0.25) is 9.69 Å². The Bertz CT molecular complexity index is 966. The topological polar surface area (TPSA) is 88.4 Å². The Morgan fingerprint density at radius 2 is 1.88 bits per heavy atom. The molecule has 0 saturated carbocycles. The molecular weight excluding hydrogens is 438 g/mol. The number of nitrogens with one attached hydrogen (secondary N) is 1. The van der Waals surface area contributed by atoms with E-state index in [2.05, 4.69) is 32.1 Å². The third-order valence-electron chi connectivity index (χ3n) is 5.51. The van der Waals surface area contributed by atoms with Crippen molar-refractivity contribution in [2.75, 3.05) is 44.3 Å². The molecule has 2 aromatic rings. The van der Waals surface area contributed by atoms with Crippen molar-refractivity contribution in [1.29, 1.82) is 5.26 Å². The average molecular weight is 470 g/mol. The number of carbonyl (C=O) groups excluding carboxylic acids is 1. The van der Waals surface area contributed by atoms with Gasteiger partial charge in [-0.05, 0) is 36.6 Å². The van der Waals surface area contributed by atoms with Crippen LogP contribution in [0.5, 0.6) is 0 Å². The molecule has 9 heteroatoms. The normalized spacial score (nSPS) is 14.9. The Labute approximate surface area is 201 Å². The predicted octanol–water partition coefficient (Wildman–Crippen LogP) is 3.34. The highest BCUT2D eigenvalue weighted by Crippen LogP contribution is 2.23. The Balaban J connectivity index is 1.72. The van der Waals surface area contributed by atoms with Gasteiger partial charge in [-0.2, -0.15) is 10.2 Å². The summed E-state index contributed by atoms with van der Waals surface area (Å²) in [6.07, 6.45) is 2.53. The zero-order valence-corrected chi connectivity index (χ0v) is 20.3. The number of amides is 1. The molecule has 0 aliphatic carbocycles. The predicted molar refractivity (Wildman–Crippen MR) is 130 cm³/mol. The second-order valence-corrected chi connectivity index (χ2v) is 9.10. The maximum Gasteiger partial charge on any atom is 0.274 e. The highest BCUT2D eigenvalue weighted by molar-refractivity contribution is 6.33. The fraction of sp³-hybridized carbons (Fsp3) is 0.500. The third-order valence-corrected chi connectivity index (χ3v) is 5.78. The highest BCUT2D eigenvalue weighted by atomic mass is 35.5. The highest BCUT2D eigenvalue weighted by Gasteiger charge is 2.23. The first-order valence-electron chi connectivity index (χ1n) is 11.5. The number of anilines is 1. The Morgan fingerprint density at radius 1 is 1.21 bits per heavy atom. The largest absolute Gasteiger partial charge is 0.301 e. The SMILES string of the molecule is CCCN1CCN(Cc2ccc(C(=O)N(NCC(C)C)c3nc(C#N)ncc3Cl)cc2)CC1. The maximum atomic E-state index is 13.4. The minimum absolute atomic E-state index is 0.0482. The molecule has 3 rings (SSSR count). The first kappa shape index (κ1) is 25.1. The quantitative estimate of drug-likeness (QED) is 0.563. The first-order chi connectivity index (χ1) is 15.9. The van der Waals surface area contributed by atoms with Crippen molar-refractivity contribution in [3.05, 3.63) is 52.4 Å². The molecule has 2 heterocycles. The summed E-state index contributed by atoms with van der Waals surface area (Å²) in [5.41, 5.74) is 4.79. The summed E-state index contributed by atoms with van der Waals surface area (Å²) in [5.74, 6) is 0.118.